The predicted molar refractivity (Wildman–Crippen MR) is 103 cm³/mol. The number of thiocarbonyl (C=S) groups is 1. The molecule has 2 aliphatic rings. The fourth-order valence-corrected chi connectivity index (χ4v) is 3.81. The average Bonchev–Trinajstić information content (AvgIpc) is 3.03. The lowest BCUT2D eigenvalue weighted by Gasteiger charge is -2.34. The normalized spacial score (nSPS) is 21.3. The molecule has 1 unspecified atom stereocenters. The molecule has 2 aliphatic heterocycles. The van der Waals surface area contributed by atoms with E-state index in [2.05, 4.69) is 15.6 Å². The van der Waals surface area contributed by atoms with Crippen molar-refractivity contribution in [2.45, 2.75) is 17.9 Å². The molecule has 2 aromatic rings. The molecular weight excluding hydrogens is 370 g/mol. The van der Waals surface area contributed by atoms with Gasteiger partial charge in [-0.25, -0.2) is 0 Å². The average molecular weight is 384 g/mol. The van der Waals surface area contributed by atoms with Gasteiger partial charge in [0, 0.05) is 23.1 Å². The first-order valence-corrected chi connectivity index (χ1v) is 8.86. The summed E-state index contributed by atoms with van der Waals surface area (Å²) in [6.07, 6.45) is 0.458. The Morgan fingerprint density at radius 3 is 2.23 bits per heavy atom. The number of nitrogens with zero attached hydrogens (tertiary/aromatic N) is 1. The van der Waals surface area contributed by atoms with Gasteiger partial charge in [-0.05, 0) is 35.5 Å². The van der Waals surface area contributed by atoms with E-state index in [9.17, 15) is 9.59 Å². The van der Waals surface area contributed by atoms with Crippen LogP contribution in [0.5, 0.6) is 0 Å². The quantitative estimate of drug-likeness (QED) is 0.618. The summed E-state index contributed by atoms with van der Waals surface area (Å²) in [5, 5.41) is 5.70. The molecule has 0 bridgehead atoms. The van der Waals surface area contributed by atoms with Crippen LogP contribution in [0, 0.1) is 0 Å². The van der Waals surface area contributed by atoms with Gasteiger partial charge in [-0.3, -0.25) is 14.6 Å². The minimum Gasteiger partial charge on any atom is -0.300 e. The van der Waals surface area contributed by atoms with Gasteiger partial charge in [0.05, 0.1) is 0 Å². The van der Waals surface area contributed by atoms with Gasteiger partial charge < -0.3 is 10.6 Å². The molecule has 2 heterocycles. The van der Waals surface area contributed by atoms with Gasteiger partial charge in [0.1, 0.15) is 0 Å². The third-order valence-electron chi connectivity index (χ3n) is 4.74. The fraction of sp³-hybridized carbons (Fsp3) is 0.158. The van der Waals surface area contributed by atoms with Crippen LogP contribution in [0.1, 0.15) is 23.5 Å². The van der Waals surface area contributed by atoms with Crippen LogP contribution in [0.3, 0.4) is 0 Å². The number of hydrogen-bond donors (Lipinski definition) is 2. The van der Waals surface area contributed by atoms with Crippen molar-refractivity contribution >= 4 is 46.5 Å². The monoisotopic (exact) mass is 383 g/mol. The molecule has 7 heteroatoms. The maximum atomic E-state index is 12.9. The molecule has 0 radical (unpaired) electrons. The second-order valence-corrected chi connectivity index (χ2v) is 7.08. The summed E-state index contributed by atoms with van der Waals surface area (Å²) < 4.78 is 0. The Labute approximate surface area is 160 Å². The number of halogens is 1. The van der Waals surface area contributed by atoms with Crippen LogP contribution < -0.4 is 10.6 Å². The molecule has 4 rings (SSSR count). The number of hydrogen-bond acceptors (Lipinski definition) is 4. The second-order valence-electron chi connectivity index (χ2n) is 6.24. The van der Waals surface area contributed by atoms with Gasteiger partial charge in [0.15, 0.2) is 5.11 Å². The van der Waals surface area contributed by atoms with E-state index >= 15 is 0 Å². The maximum Gasteiger partial charge on any atom is 0.264 e. The molecule has 26 heavy (non-hydrogen) atoms. The van der Waals surface area contributed by atoms with Gasteiger partial charge in [0.25, 0.3) is 11.8 Å². The molecule has 0 saturated carbocycles. The fourth-order valence-electron chi connectivity index (χ4n) is 3.49. The van der Waals surface area contributed by atoms with Crippen LogP contribution in [0.4, 0.5) is 0 Å². The van der Waals surface area contributed by atoms with Crippen molar-refractivity contribution < 1.29 is 9.59 Å². The van der Waals surface area contributed by atoms with Crippen molar-refractivity contribution in [3.05, 3.63) is 70.7 Å². The van der Waals surface area contributed by atoms with Crippen LogP contribution in [-0.2, 0) is 9.59 Å². The molecule has 2 amide bonds. The van der Waals surface area contributed by atoms with Crippen LogP contribution in [0.25, 0.3) is 0 Å². The molecular formula is C19H14ClN3O2S. The number of carbonyl (C=O) groups excluding carboxylic acids is 2. The molecule has 2 aromatic carbocycles. The number of rotatable bonds is 2. The zero-order valence-corrected chi connectivity index (χ0v) is 15.1. The summed E-state index contributed by atoms with van der Waals surface area (Å²) in [6.45, 7) is 0. The lowest BCUT2D eigenvalue weighted by atomic mass is 9.77. The van der Waals surface area contributed by atoms with E-state index in [1.54, 1.807) is 12.1 Å². The van der Waals surface area contributed by atoms with Crippen molar-refractivity contribution in [2.24, 2.45) is 4.99 Å². The zero-order valence-electron chi connectivity index (χ0n) is 13.5. The molecule has 1 saturated heterocycles. The molecule has 130 valence electrons. The lowest BCUT2D eigenvalue weighted by molar-refractivity contribution is -0.137. The number of nitrogens with one attached hydrogen (secondary N) is 2. The molecule has 1 fully saturated rings. The highest BCUT2D eigenvalue weighted by molar-refractivity contribution is 7.80. The second kappa shape index (κ2) is 6.30. The number of benzene rings is 2. The van der Waals surface area contributed by atoms with Gasteiger partial charge in [-0.15, -0.1) is 0 Å². The van der Waals surface area contributed by atoms with E-state index in [0.717, 1.165) is 11.1 Å². The third kappa shape index (κ3) is 2.62. The summed E-state index contributed by atoms with van der Waals surface area (Å²) in [5.74, 6) is -1.45. The van der Waals surface area contributed by atoms with Crippen molar-refractivity contribution in [2.75, 3.05) is 0 Å². The van der Waals surface area contributed by atoms with E-state index in [4.69, 9.17) is 23.8 Å². The lowest BCUT2D eigenvalue weighted by Crippen LogP contribution is -2.66. The van der Waals surface area contributed by atoms with E-state index in [1.165, 1.54) is 0 Å². The molecule has 2 N–H and O–H groups in total. The highest BCUT2D eigenvalue weighted by Gasteiger charge is 2.59. The Bertz CT molecular complexity index is 921. The standard InChI is InChI=1S/C19H14ClN3O2S/c20-13-8-6-11(7-9-13)14-10-15(12-4-2-1-3-5-12)23-19(14)16(24)21-18(26)22-17(19)25/h1-9,14H,10H2,(H2,21,22,24,25,26). The molecule has 1 spiro atoms. The summed E-state index contributed by atoms with van der Waals surface area (Å²) >= 11 is 10.9. The Morgan fingerprint density at radius 2 is 1.62 bits per heavy atom. The summed E-state index contributed by atoms with van der Waals surface area (Å²) in [5.41, 5.74) is 0.837. The molecule has 1 atom stereocenters. The Hall–Kier alpha value is -2.57. The SMILES string of the molecule is O=C1NC(=S)NC(=O)C12N=C(c1ccccc1)CC2c1ccc(Cl)cc1. The minimum absolute atomic E-state index is 0.00356. The Kier molecular flexibility index (Phi) is 4.09. The van der Waals surface area contributed by atoms with Gasteiger partial charge in [-0.2, -0.15) is 0 Å². The first-order chi connectivity index (χ1) is 12.5. The Morgan fingerprint density at radius 1 is 1.00 bits per heavy atom. The van der Waals surface area contributed by atoms with E-state index < -0.39 is 23.3 Å². The first kappa shape index (κ1) is 16.9. The number of amides is 2. The van der Waals surface area contributed by atoms with Gasteiger partial charge >= 0.3 is 0 Å². The summed E-state index contributed by atoms with van der Waals surface area (Å²) in [6, 6.07) is 16.7. The summed E-state index contributed by atoms with van der Waals surface area (Å²) in [4.78, 5) is 30.4. The van der Waals surface area contributed by atoms with Crippen molar-refractivity contribution in [3.63, 3.8) is 0 Å². The van der Waals surface area contributed by atoms with Crippen molar-refractivity contribution in [1.82, 2.24) is 10.6 Å². The molecule has 0 aromatic heterocycles. The van der Waals surface area contributed by atoms with Crippen molar-refractivity contribution in [3.8, 4) is 0 Å². The first-order valence-electron chi connectivity index (χ1n) is 8.07. The van der Waals surface area contributed by atoms with Gasteiger partial charge in [0.2, 0.25) is 5.54 Å². The minimum atomic E-state index is -1.58. The van der Waals surface area contributed by atoms with Crippen LogP contribution in [-0.4, -0.2) is 28.2 Å². The molecule has 0 aliphatic carbocycles. The Balaban J connectivity index is 1.86. The smallest absolute Gasteiger partial charge is 0.264 e. The van der Waals surface area contributed by atoms with Crippen molar-refractivity contribution in [1.29, 1.82) is 0 Å². The van der Waals surface area contributed by atoms with E-state index in [-0.39, 0.29) is 5.11 Å². The number of aliphatic imine (C=N–C) groups is 1. The van der Waals surface area contributed by atoms with Crippen LogP contribution in [0.2, 0.25) is 5.02 Å². The van der Waals surface area contributed by atoms with Crippen LogP contribution >= 0.6 is 23.8 Å². The third-order valence-corrected chi connectivity index (χ3v) is 5.20. The largest absolute Gasteiger partial charge is 0.300 e. The number of carbonyl (C=O) groups is 2. The molecule has 5 nitrogen and oxygen atoms in total. The highest BCUT2D eigenvalue weighted by Crippen LogP contribution is 2.43. The van der Waals surface area contributed by atoms with E-state index in [1.807, 2.05) is 42.5 Å². The predicted octanol–water partition coefficient (Wildman–Crippen LogP) is 2.59. The zero-order chi connectivity index (χ0) is 18.3. The van der Waals surface area contributed by atoms with Crippen LogP contribution in [0.15, 0.2) is 59.6 Å². The van der Waals surface area contributed by atoms with E-state index in [0.29, 0.717) is 17.2 Å². The summed E-state index contributed by atoms with van der Waals surface area (Å²) in [7, 11) is 0. The highest BCUT2D eigenvalue weighted by atomic mass is 35.5. The topological polar surface area (TPSA) is 70.6 Å². The maximum absolute atomic E-state index is 12.9. The van der Waals surface area contributed by atoms with Gasteiger partial charge in [-0.1, -0.05) is 54.1 Å².